The van der Waals surface area contributed by atoms with Gasteiger partial charge in [0.2, 0.25) is 5.75 Å². The number of aliphatic hydroxyl groups excluding tert-OH is 3. The van der Waals surface area contributed by atoms with E-state index in [0.717, 1.165) is 5.56 Å². The van der Waals surface area contributed by atoms with Crippen LogP contribution in [0.1, 0.15) is 11.8 Å². The summed E-state index contributed by atoms with van der Waals surface area (Å²) in [5, 5.41) is 42.8. The number of benzene rings is 1. The molecular weight excluding hydrogens is 410 g/mol. The molecule has 12 nitrogen and oxygen atoms in total. The van der Waals surface area contributed by atoms with Crippen LogP contribution in [0.2, 0.25) is 0 Å². The Labute approximate surface area is 176 Å². The molecule has 5 N–H and O–H groups in total. The first-order valence-corrected chi connectivity index (χ1v) is 9.46. The molecule has 1 aromatic carbocycles. The molecule has 1 aliphatic rings. The highest BCUT2D eigenvalue weighted by Crippen LogP contribution is 2.37. The number of hydrogen-bond donors (Lipinski definition) is 5. The van der Waals surface area contributed by atoms with E-state index in [1.165, 1.54) is 31.4 Å². The summed E-state index contributed by atoms with van der Waals surface area (Å²) >= 11 is 0. The van der Waals surface area contributed by atoms with E-state index in [4.69, 9.17) is 14.2 Å². The van der Waals surface area contributed by atoms with Gasteiger partial charge in [0.1, 0.15) is 24.6 Å². The minimum atomic E-state index is -1.25. The lowest BCUT2D eigenvalue weighted by atomic mass is 10.1. The van der Waals surface area contributed by atoms with Crippen LogP contribution in [0.5, 0.6) is 17.2 Å². The summed E-state index contributed by atoms with van der Waals surface area (Å²) in [6.45, 7) is -0.109. The van der Waals surface area contributed by atoms with Crippen molar-refractivity contribution in [3.8, 4) is 17.2 Å². The fourth-order valence-electron chi connectivity index (χ4n) is 3.51. The molecule has 12 heteroatoms. The van der Waals surface area contributed by atoms with Crippen LogP contribution in [0.3, 0.4) is 0 Å². The van der Waals surface area contributed by atoms with Gasteiger partial charge in [0.25, 0.3) is 0 Å². The molecule has 166 valence electrons. The van der Waals surface area contributed by atoms with Crippen LogP contribution in [-0.2, 0) is 11.3 Å². The van der Waals surface area contributed by atoms with Gasteiger partial charge in [-0.2, -0.15) is 0 Å². The minimum absolute atomic E-state index is 0.0876. The molecule has 3 heterocycles. The second-order valence-corrected chi connectivity index (χ2v) is 6.98. The molecule has 2 aromatic heterocycles. The second kappa shape index (κ2) is 8.51. The smallest absolute Gasteiger partial charge is 0.200 e. The van der Waals surface area contributed by atoms with Crippen LogP contribution >= 0.6 is 0 Å². The highest BCUT2D eigenvalue weighted by molar-refractivity contribution is 5.82. The molecule has 1 aliphatic heterocycles. The molecule has 0 bridgehead atoms. The van der Waals surface area contributed by atoms with Gasteiger partial charge in [0, 0.05) is 6.54 Å². The van der Waals surface area contributed by atoms with Crippen LogP contribution < -0.4 is 14.8 Å². The zero-order chi connectivity index (χ0) is 22.1. The van der Waals surface area contributed by atoms with E-state index >= 15 is 0 Å². The second-order valence-electron chi connectivity index (χ2n) is 6.98. The van der Waals surface area contributed by atoms with Crippen molar-refractivity contribution in [2.45, 2.75) is 31.1 Å². The molecule has 0 amide bonds. The lowest BCUT2D eigenvalue weighted by Crippen LogP contribution is -2.33. The van der Waals surface area contributed by atoms with E-state index in [1.807, 2.05) is 0 Å². The standard InChI is InChI=1S/C19H23N5O7/c1-29-10-3-9(4-11(30-2)14(10)26)5-20-17-13-18(22-7-21-17)24(8-23-13)19-16(28)15(27)12(6-25)31-19/h3-4,7-8,12,15-16,19,25-28H,5-6H2,1-2H3,(H,20,21,22)/t12-,15+,16?,19-/m1/s1. The Hall–Kier alpha value is -3.19. The molecule has 4 atom stereocenters. The zero-order valence-electron chi connectivity index (χ0n) is 16.8. The molecule has 1 unspecified atom stereocenters. The van der Waals surface area contributed by atoms with Gasteiger partial charge < -0.3 is 40.0 Å². The largest absolute Gasteiger partial charge is 0.502 e. The quantitative estimate of drug-likeness (QED) is 0.334. The summed E-state index contributed by atoms with van der Waals surface area (Å²) in [5.74, 6) is 0.896. The van der Waals surface area contributed by atoms with Crippen molar-refractivity contribution in [2.24, 2.45) is 0 Å². The highest BCUT2D eigenvalue weighted by atomic mass is 16.6. The van der Waals surface area contributed by atoms with Crippen molar-refractivity contribution < 1.29 is 34.6 Å². The monoisotopic (exact) mass is 433 g/mol. The van der Waals surface area contributed by atoms with E-state index in [2.05, 4.69) is 20.3 Å². The van der Waals surface area contributed by atoms with Crippen LogP contribution in [0.15, 0.2) is 24.8 Å². The van der Waals surface area contributed by atoms with Gasteiger partial charge in [-0.3, -0.25) is 4.57 Å². The summed E-state index contributed by atoms with van der Waals surface area (Å²) in [7, 11) is 2.90. The molecule has 1 fully saturated rings. The Morgan fingerprint density at radius 2 is 1.81 bits per heavy atom. The summed E-state index contributed by atoms with van der Waals surface area (Å²) in [5.41, 5.74) is 1.58. The maximum Gasteiger partial charge on any atom is 0.200 e. The number of methoxy groups -OCH3 is 2. The number of nitrogens with one attached hydrogen (secondary N) is 1. The molecule has 0 aliphatic carbocycles. The SMILES string of the molecule is COc1cc(CNc2ncnc3c2ncn3[C@@H]2O[C@H](CO)[C@H](O)C2O)cc(OC)c1O. The van der Waals surface area contributed by atoms with Crippen LogP contribution in [0, 0.1) is 0 Å². The number of imidazole rings is 1. The molecule has 0 spiro atoms. The van der Waals surface area contributed by atoms with E-state index in [9.17, 15) is 20.4 Å². The van der Waals surface area contributed by atoms with Gasteiger partial charge >= 0.3 is 0 Å². The molecule has 0 radical (unpaired) electrons. The fraction of sp³-hybridized carbons (Fsp3) is 0.421. The Balaban J connectivity index is 1.60. The number of fused-ring (bicyclic) bond motifs is 1. The van der Waals surface area contributed by atoms with Gasteiger partial charge in [-0.1, -0.05) is 0 Å². The van der Waals surface area contributed by atoms with E-state index in [1.54, 1.807) is 12.1 Å². The summed E-state index contributed by atoms with van der Waals surface area (Å²) in [6, 6.07) is 3.34. The van der Waals surface area contributed by atoms with Gasteiger partial charge in [-0.25, -0.2) is 15.0 Å². The average molecular weight is 433 g/mol. The maximum atomic E-state index is 10.3. The van der Waals surface area contributed by atoms with Crippen molar-refractivity contribution in [1.82, 2.24) is 19.5 Å². The summed E-state index contributed by atoms with van der Waals surface area (Å²) in [4.78, 5) is 12.8. The predicted octanol–water partition coefficient (Wildman–Crippen LogP) is -0.227. The first-order chi connectivity index (χ1) is 15.0. The average Bonchev–Trinajstić information content (AvgIpc) is 3.34. The van der Waals surface area contributed by atoms with Crippen molar-refractivity contribution in [3.05, 3.63) is 30.4 Å². The number of rotatable bonds is 7. The number of anilines is 1. The molecule has 31 heavy (non-hydrogen) atoms. The first-order valence-electron chi connectivity index (χ1n) is 9.46. The Bertz CT molecular complexity index is 1050. The van der Waals surface area contributed by atoms with E-state index in [-0.39, 0.29) is 17.2 Å². The van der Waals surface area contributed by atoms with Crippen LogP contribution in [0.25, 0.3) is 11.2 Å². The topological polar surface area (TPSA) is 164 Å². The third-order valence-electron chi connectivity index (χ3n) is 5.15. The Morgan fingerprint density at radius 1 is 1.10 bits per heavy atom. The zero-order valence-corrected chi connectivity index (χ0v) is 16.8. The summed E-state index contributed by atoms with van der Waals surface area (Å²) in [6.07, 6.45) is -1.58. The Morgan fingerprint density at radius 3 is 2.42 bits per heavy atom. The number of aromatic hydroxyl groups is 1. The number of hydrogen-bond acceptors (Lipinski definition) is 11. The highest BCUT2D eigenvalue weighted by Gasteiger charge is 2.44. The normalized spacial score (nSPS) is 23.3. The maximum absolute atomic E-state index is 10.3. The minimum Gasteiger partial charge on any atom is -0.502 e. The van der Waals surface area contributed by atoms with Gasteiger partial charge in [-0.05, 0) is 17.7 Å². The molecule has 0 saturated carbocycles. The van der Waals surface area contributed by atoms with Gasteiger partial charge in [-0.15, -0.1) is 0 Å². The molecule has 3 aromatic rings. The van der Waals surface area contributed by atoms with Crippen LogP contribution in [-0.4, -0.2) is 79.1 Å². The molecule has 1 saturated heterocycles. The fourth-order valence-corrected chi connectivity index (χ4v) is 3.51. The number of nitrogens with zero attached hydrogens (tertiary/aromatic N) is 4. The van der Waals surface area contributed by atoms with Crippen LogP contribution in [0.4, 0.5) is 5.82 Å². The number of aliphatic hydroxyl groups is 3. The number of aromatic nitrogens is 4. The van der Waals surface area contributed by atoms with Crippen molar-refractivity contribution in [2.75, 3.05) is 26.1 Å². The van der Waals surface area contributed by atoms with E-state index < -0.39 is 31.1 Å². The third kappa shape index (κ3) is 3.70. The van der Waals surface area contributed by atoms with Gasteiger partial charge in [0.05, 0.1) is 27.2 Å². The third-order valence-corrected chi connectivity index (χ3v) is 5.15. The Kier molecular flexibility index (Phi) is 5.78. The van der Waals surface area contributed by atoms with Crippen molar-refractivity contribution in [3.63, 3.8) is 0 Å². The van der Waals surface area contributed by atoms with Crippen molar-refractivity contribution >= 4 is 17.0 Å². The first kappa shape index (κ1) is 21.1. The van der Waals surface area contributed by atoms with Gasteiger partial charge in [0.15, 0.2) is 34.7 Å². The lowest BCUT2D eigenvalue weighted by molar-refractivity contribution is -0.0511. The summed E-state index contributed by atoms with van der Waals surface area (Å²) < 4.78 is 17.4. The molecular formula is C19H23N5O7. The lowest BCUT2D eigenvalue weighted by Gasteiger charge is -2.16. The number of ether oxygens (including phenoxy) is 3. The number of phenolic OH excluding ortho intramolecular Hbond substituents is 1. The molecule has 4 rings (SSSR count). The van der Waals surface area contributed by atoms with Crippen molar-refractivity contribution in [1.29, 1.82) is 0 Å². The predicted molar refractivity (Wildman–Crippen MR) is 107 cm³/mol. The van der Waals surface area contributed by atoms with E-state index in [0.29, 0.717) is 23.5 Å². The number of phenols is 1.